The second-order valence-corrected chi connectivity index (χ2v) is 4.65. The number of carbonyl (C=O) groups is 1. The maximum absolute atomic E-state index is 11.4. The lowest BCUT2D eigenvalue weighted by molar-refractivity contribution is -0.126. The van der Waals surface area contributed by atoms with Crippen molar-refractivity contribution in [2.45, 2.75) is 46.1 Å². The summed E-state index contributed by atoms with van der Waals surface area (Å²) in [5, 5.41) is 3.34. The van der Waals surface area contributed by atoms with Crippen molar-refractivity contribution in [3.63, 3.8) is 0 Å². The lowest BCUT2D eigenvalue weighted by Gasteiger charge is -2.16. The first-order valence-corrected chi connectivity index (χ1v) is 4.77. The Morgan fingerprint density at radius 2 is 2.00 bits per heavy atom. The maximum Gasteiger partial charge on any atom is 0.139 e. The number of Topliss-reactive ketones (excluding diaryl/α,β-unsaturated/α-hetero) is 1. The second kappa shape index (κ2) is 3.56. The van der Waals surface area contributed by atoms with Crippen molar-refractivity contribution in [3.8, 4) is 0 Å². The molecule has 1 aliphatic rings. The molecule has 0 aliphatic heterocycles. The minimum Gasteiger partial charge on any atom is -0.314 e. The van der Waals surface area contributed by atoms with E-state index >= 15 is 0 Å². The van der Waals surface area contributed by atoms with Crippen LogP contribution >= 0.6 is 0 Å². The van der Waals surface area contributed by atoms with Gasteiger partial charge in [-0.05, 0) is 12.8 Å². The SMILES string of the molecule is CC(C)(C)C(=O)CCNC1CC1. The van der Waals surface area contributed by atoms with Gasteiger partial charge in [0.25, 0.3) is 0 Å². The van der Waals surface area contributed by atoms with Crippen LogP contribution in [-0.4, -0.2) is 18.4 Å². The predicted molar refractivity (Wildman–Crippen MR) is 50.1 cm³/mol. The molecule has 1 saturated carbocycles. The molecular weight excluding hydrogens is 150 g/mol. The smallest absolute Gasteiger partial charge is 0.139 e. The highest BCUT2D eigenvalue weighted by Gasteiger charge is 2.23. The van der Waals surface area contributed by atoms with Crippen LogP contribution in [0.15, 0.2) is 0 Å². The van der Waals surface area contributed by atoms with E-state index in [-0.39, 0.29) is 5.41 Å². The van der Waals surface area contributed by atoms with Gasteiger partial charge >= 0.3 is 0 Å². The quantitative estimate of drug-likeness (QED) is 0.694. The van der Waals surface area contributed by atoms with Crippen LogP contribution in [-0.2, 0) is 4.79 Å². The maximum atomic E-state index is 11.4. The lowest BCUT2D eigenvalue weighted by atomic mass is 9.89. The summed E-state index contributed by atoms with van der Waals surface area (Å²) in [7, 11) is 0. The fraction of sp³-hybridized carbons (Fsp3) is 0.900. The van der Waals surface area contributed by atoms with Crippen LogP contribution in [0.5, 0.6) is 0 Å². The molecule has 2 heteroatoms. The van der Waals surface area contributed by atoms with Crippen LogP contribution < -0.4 is 5.32 Å². The molecule has 0 saturated heterocycles. The Balaban J connectivity index is 2.08. The molecule has 0 unspecified atom stereocenters. The summed E-state index contributed by atoms with van der Waals surface area (Å²) in [5.74, 6) is 0.357. The van der Waals surface area contributed by atoms with E-state index in [9.17, 15) is 4.79 Å². The van der Waals surface area contributed by atoms with Gasteiger partial charge in [-0.3, -0.25) is 4.79 Å². The number of rotatable bonds is 4. The van der Waals surface area contributed by atoms with Crippen LogP contribution in [0, 0.1) is 5.41 Å². The minimum atomic E-state index is -0.161. The predicted octanol–water partition coefficient (Wildman–Crippen LogP) is 1.74. The van der Waals surface area contributed by atoms with Gasteiger partial charge in [0.2, 0.25) is 0 Å². The zero-order valence-electron chi connectivity index (χ0n) is 8.31. The van der Waals surface area contributed by atoms with Crippen LogP contribution in [0.25, 0.3) is 0 Å². The molecule has 2 nitrogen and oxygen atoms in total. The molecular formula is C10H19NO. The molecule has 1 N–H and O–H groups in total. The van der Waals surface area contributed by atoms with E-state index in [4.69, 9.17) is 0 Å². The van der Waals surface area contributed by atoms with Crippen molar-refractivity contribution in [1.29, 1.82) is 0 Å². The zero-order valence-corrected chi connectivity index (χ0v) is 8.31. The van der Waals surface area contributed by atoms with Gasteiger partial charge in [-0.15, -0.1) is 0 Å². The highest BCUT2D eigenvalue weighted by atomic mass is 16.1. The van der Waals surface area contributed by atoms with Crippen LogP contribution in [0.3, 0.4) is 0 Å². The lowest BCUT2D eigenvalue weighted by Crippen LogP contribution is -2.26. The molecule has 1 fully saturated rings. The van der Waals surface area contributed by atoms with Gasteiger partial charge in [-0.25, -0.2) is 0 Å². The topological polar surface area (TPSA) is 29.1 Å². The average molecular weight is 169 g/mol. The highest BCUT2D eigenvalue weighted by molar-refractivity contribution is 5.83. The molecule has 1 aliphatic carbocycles. The van der Waals surface area contributed by atoms with Gasteiger partial charge in [0, 0.05) is 24.4 Å². The first kappa shape index (κ1) is 9.72. The van der Waals surface area contributed by atoms with Gasteiger partial charge in [-0.2, -0.15) is 0 Å². The molecule has 0 heterocycles. The average Bonchev–Trinajstić information content (AvgIpc) is 2.69. The number of hydrogen-bond acceptors (Lipinski definition) is 2. The minimum absolute atomic E-state index is 0.161. The first-order valence-electron chi connectivity index (χ1n) is 4.77. The summed E-state index contributed by atoms with van der Waals surface area (Å²) in [6, 6.07) is 0.720. The van der Waals surface area contributed by atoms with E-state index in [0.717, 1.165) is 12.6 Å². The third kappa shape index (κ3) is 3.35. The monoisotopic (exact) mass is 169 g/mol. The largest absolute Gasteiger partial charge is 0.314 e. The van der Waals surface area contributed by atoms with Crippen molar-refractivity contribution in [3.05, 3.63) is 0 Å². The summed E-state index contributed by atoms with van der Waals surface area (Å²) in [5.41, 5.74) is -0.161. The van der Waals surface area contributed by atoms with Gasteiger partial charge in [-0.1, -0.05) is 20.8 Å². The number of ketones is 1. The number of nitrogens with one attached hydrogen (secondary N) is 1. The summed E-state index contributed by atoms with van der Waals surface area (Å²) in [6.07, 6.45) is 3.27. The summed E-state index contributed by atoms with van der Waals surface area (Å²) >= 11 is 0. The third-order valence-electron chi connectivity index (χ3n) is 2.20. The molecule has 12 heavy (non-hydrogen) atoms. The molecule has 0 aromatic heterocycles. The van der Waals surface area contributed by atoms with E-state index in [1.54, 1.807) is 0 Å². The summed E-state index contributed by atoms with van der Waals surface area (Å²) in [6.45, 7) is 6.80. The van der Waals surface area contributed by atoms with Gasteiger partial charge in [0.1, 0.15) is 5.78 Å². The molecule has 0 amide bonds. The Morgan fingerprint density at radius 1 is 1.42 bits per heavy atom. The van der Waals surface area contributed by atoms with E-state index < -0.39 is 0 Å². The van der Waals surface area contributed by atoms with E-state index in [1.807, 2.05) is 20.8 Å². The Morgan fingerprint density at radius 3 is 2.42 bits per heavy atom. The fourth-order valence-electron chi connectivity index (χ4n) is 1.05. The van der Waals surface area contributed by atoms with E-state index in [2.05, 4.69) is 5.32 Å². The van der Waals surface area contributed by atoms with Crippen LogP contribution in [0.2, 0.25) is 0 Å². The Kier molecular flexibility index (Phi) is 2.89. The summed E-state index contributed by atoms with van der Waals surface area (Å²) in [4.78, 5) is 11.4. The fourth-order valence-corrected chi connectivity index (χ4v) is 1.05. The second-order valence-electron chi connectivity index (χ2n) is 4.65. The Bertz CT molecular complexity index is 165. The van der Waals surface area contributed by atoms with Crippen molar-refractivity contribution >= 4 is 5.78 Å². The van der Waals surface area contributed by atoms with Gasteiger partial charge in [0.15, 0.2) is 0 Å². The van der Waals surface area contributed by atoms with Gasteiger partial charge in [0.05, 0.1) is 0 Å². The van der Waals surface area contributed by atoms with E-state index in [0.29, 0.717) is 12.2 Å². The molecule has 0 atom stereocenters. The Labute approximate surface area is 74.7 Å². The third-order valence-corrected chi connectivity index (χ3v) is 2.20. The Hall–Kier alpha value is -0.370. The normalized spacial score (nSPS) is 17.9. The van der Waals surface area contributed by atoms with Crippen LogP contribution in [0.1, 0.15) is 40.0 Å². The standard InChI is InChI=1S/C10H19NO/c1-10(2,3)9(12)6-7-11-8-4-5-8/h8,11H,4-7H2,1-3H3. The molecule has 70 valence electrons. The summed E-state index contributed by atoms with van der Waals surface area (Å²) < 4.78 is 0. The van der Waals surface area contributed by atoms with Crippen molar-refractivity contribution in [1.82, 2.24) is 5.32 Å². The van der Waals surface area contributed by atoms with Crippen molar-refractivity contribution in [2.75, 3.05) is 6.54 Å². The number of hydrogen-bond donors (Lipinski definition) is 1. The van der Waals surface area contributed by atoms with Gasteiger partial charge < -0.3 is 5.32 Å². The van der Waals surface area contributed by atoms with E-state index in [1.165, 1.54) is 12.8 Å². The zero-order chi connectivity index (χ0) is 9.19. The first-order chi connectivity index (χ1) is 5.50. The van der Waals surface area contributed by atoms with Crippen molar-refractivity contribution in [2.24, 2.45) is 5.41 Å². The van der Waals surface area contributed by atoms with Crippen molar-refractivity contribution < 1.29 is 4.79 Å². The highest BCUT2D eigenvalue weighted by Crippen LogP contribution is 2.19. The molecule has 0 spiro atoms. The molecule has 0 aromatic carbocycles. The molecule has 0 aromatic rings. The van der Waals surface area contributed by atoms with Crippen LogP contribution in [0.4, 0.5) is 0 Å². The molecule has 1 rings (SSSR count). The molecule has 0 radical (unpaired) electrons. The number of carbonyl (C=O) groups excluding carboxylic acids is 1. The molecule has 0 bridgehead atoms.